The molecule has 1 unspecified atom stereocenters. The van der Waals surface area contributed by atoms with Crippen LogP contribution in [0.2, 0.25) is 0 Å². The summed E-state index contributed by atoms with van der Waals surface area (Å²) in [6, 6.07) is 10.8. The van der Waals surface area contributed by atoms with Gasteiger partial charge in [0.05, 0.1) is 0 Å². The summed E-state index contributed by atoms with van der Waals surface area (Å²) in [5.74, 6) is 3.30. The molecule has 0 bridgehead atoms. The van der Waals surface area contributed by atoms with Gasteiger partial charge in [0.25, 0.3) is 0 Å². The lowest BCUT2D eigenvalue weighted by Gasteiger charge is -2.20. The minimum atomic E-state index is 0.412. The molecule has 1 aromatic rings. The third-order valence-electron chi connectivity index (χ3n) is 2.55. The number of hydrogen-bond donors (Lipinski definition) is 1. The quantitative estimate of drug-likeness (QED) is 0.722. The van der Waals surface area contributed by atoms with E-state index in [1.165, 1.54) is 5.56 Å². The van der Waals surface area contributed by atoms with Crippen molar-refractivity contribution < 1.29 is 0 Å². The molecule has 1 aromatic carbocycles. The third-order valence-corrected chi connectivity index (χ3v) is 2.55. The number of benzene rings is 1. The van der Waals surface area contributed by atoms with E-state index in [1.807, 2.05) is 6.07 Å². The van der Waals surface area contributed by atoms with Crippen molar-refractivity contribution in [2.75, 3.05) is 0 Å². The molecular formula is C14H19N. The lowest BCUT2D eigenvalue weighted by atomic mass is 10.0. The smallest absolute Gasteiger partial charge is 0.0243 e. The van der Waals surface area contributed by atoms with Gasteiger partial charge in [-0.25, -0.2) is 0 Å². The van der Waals surface area contributed by atoms with Gasteiger partial charge in [0.2, 0.25) is 0 Å². The Morgan fingerprint density at radius 1 is 1.27 bits per heavy atom. The molecule has 80 valence electrons. The fourth-order valence-electron chi connectivity index (χ4n) is 1.52. The van der Waals surface area contributed by atoms with Crippen molar-refractivity contribution in [1.29, 1.82) is 0 Å². The summed E-state index contributed by atoms with van der Waals surface area (Å²) in [4.78, 5) is 0. The fraction of sp³-hybridized carbons (Fsp3) is 0.429. The molecule has 0 aliphatic carbocycles. The third kappa shape index (κ3) is 4.18. The molecule has 0 saturated carbocycles. The van der Waals surface area contributed by atoms with E-state index >= 15 is 0 Å². The second-order valence-electron chi connectivity index (χ2n) is 4.13. The van der Waals surface area contributed by atoms with Crippen LogP contribution in [0.25, 0.3) is 0 Å². The van der Waals surface area contributed by atoms with Gasteiger partial charge in [0.15, 0.2) is 0 Å². The van der Waals surface area contributed by atoms with Gasteiger partial charge < -0.3 is 5.32 Å². The minimum Gasteiger partial charge on any atom is -0.309 e. The maximum absolute atomic E-state index is 5.35. The topological polar surface area (TPSA) is 12.0 Å². The Labute approximate surface area is 92.9 Å². The molecule has 1 heteroatoms. The first kappa shape index (κ1) is 11.8. The zero-order valence-electron chi connectivity index (χ0n) is 9.53. The molecule has 0 aromatic heterocycles. The lowest BCUT2D eigenvalue weighted by Crippen LogP contribution is -2.32. The van der Waals surface area contributed by atoms with Crippen molar-refractivity contribution in [1.82, 2.24) is 5.32 Å². The summed E-state index contributed by atoms with van der Waals surface area (Å²) >= 11 is 0. The van der Waals surface area contributed by atoms with Gasteiger partial charge in [0.1, 0.15) is 0 Å². The Kier molecular flexibility index (Phi) is 4.93. The molecule has 0 spiro atoms. The van der Waals surface area contributed by atoms with E-state index in [0.717, 1.165) is 13.0 Å². The van der Waals surface area contributed by atoms with Crippen LogP contribution in [0.4, 0.5) is 0 Å². The molecule has 1 N–H and O–H groups in total. The largest absolute Gasteiger partial charge is 0.309 e. The molecule has 1 rings (SSSR count). The van der Waals surface area contributed by atoms with E-state index in [1.54, 1.807) is 0 Å². The first-order valence-corrected chi connectivity index (χ1v) is 5.44. The van der Waals surface area contributed by atoms with Gasteiger partial charge in [-0.2, -0.15) is 0 Å². The minimum absolute atomic E-state index is 0.412. The first-order chi connectivity index (χ1) is 7.24. The van der Waals surface area contributed by atoms with Crippen molar-refractivity contribution in [3.63, 3.8) is 0 Å². The van der Waals surface area contributed by atoms with Crippen LogP contribution in [0.5, 0.6) is 0 Å². The molecular weight excluding hydrogens is 182 g/mol. The molecule has 0 heterocycles. The summed E-state index contributed by atoms with van der Waals surface area (Å²) in [7, 11) is 0. The van der Waals surface area contributed by atoms with E-state index in [4.69, 9.17) is 6.42 Å². The van der Waals surface area contributed by atoms with Crippen LogP contribution in [-0.4, -0.2) is 6.04 Å². The molecule has 1 atom stereocenters. The molecule has 0 radical (unpaired) electrons. The maximum Gasteiger partial charge on any atom is 0.0243 e. The van der Waals surface area contributed by atoms with Crippen molar-refractivity contribution >= 4 is 0 Å². The number of rotatable bonds is 5. The van der Waals surface area contributed by atoms with Gasteiger partial charge in [-0.05, 0) is 11.5 Å². The molecule has 0 aliphatic heterocycles. The fourth-order valence-corrected chi connectivity index (χ4v) is 1.52. The SMILES string of the molecule is C#CCC(NCc1ccccc1)C(C)C. The van der Waals surface area contributed by atoms with Gasteiger partial charge >= 0.3 is 0 Å². The van der Waals surface area contributed by atoms with Gasteiger partial charge in [-0.1, -0.05) is 44.2 Å². The predicted octanol–water partition coefficient (Wildman–Crippen LogP) is 2.82. The highest BCUT2D eigenvalue weighted by atomic mass is 14.9. The molecule has 0 fully saturated rings. The highest BCUT2D eigenvalue weighted by molar-refractivity contribution is 5.14. The van der Waals surface area contributed by atoms with Crippen molar-refractivity contribution in [2.45, 2.75) is 32.9 Å². The highest BCUT2D eigenvalue weighted by Gasteiger charge is 2.10. The molecule has 0 aliphatic rings. The van der Waals surface area contributed by atoms with Crippen LogP contribution < -0.4 is 5.32 Å². The second-order valence-corrected chi connectivity index (χ2v) is 4.13. The van der Waals surface area contributed by atoms with E-state index in [2.05, 4.69) is 49.4 Å². The normalized spacial score (nSPS) is 12.4. The van der Waals surface area contributed by atoms with Gasteiger partial charge in [-0.3, -0.25) is 0 Å². The monoisotopic (exact) mass is 201 g/mol. The molecule has 1 nitrogen and oxygen atoms in total. The number of terminal acetylenes is 1. The van der Waals surface area contributed by atoms with E-state index < -0.39 is 0 Å². The molecule has 15 heavy (non-hydrogen) atoms. The number of hydrogen-bond acceptors (Lipinski definition) is 1. The summed E-state index contributed by atoms with van der Waals surface area (Å²) in [5.41, 5.74) is 1.31. The van der Waals surface area contributed by atoms with Crippen molar-refractivity contribution in [3.05, 3.63) is 35.9 Å². The zero-order chi connectivity index (χ0) is 11.1. The second kappa shape index (κ2) is 6.27. The average Bonchev–Trinajstić information content (AvgIpc) is 2.25. The Morgan fingerprint density at radius 2 is 1.93 bits per heavy atom. The van der Waals surface area contributed by atoms with Gasteiger partial charge in [0, 0.05) is 19.0 Å². The average molecular weight is 201 g/mol. The van der Waals surface area contributed by atoms with E-state index in [9.17, 15) is 0 Å². The Morgan fingerprint density at radius 3 is 2.47 bits per heavy atom. The van der Waals surface area contributed by atoms with Crippen LogP contribution in [-0.2, 0) is 6.54 Å². The van der Waals surface area contributed by atoms with E-state index in [-0.39, 0.29) is 0 Å². The molecule has 0 saturated heterocycles. The predicted molar refractivity (Wildman–Crippen MR) is 65.4 cm³/mol. The maximum atomic E-state index is 5.35. The van der Waals surface area contributed by atoms with Crippen molar-refractivity contribution in [3.8, 4) is 12.3 Å². The number of nitrogens with one attached hydrogen (secondary N) is 1. The van der Waals surface area contributed by atoms with Crippen LogP contribution in [0, 0.1) is 18.3 Å². The zero-order valence-corrected chi connectivity index (χ0v) is 9.53. The Bertz CT molecular complexity index is 308. The standard InChI is InChI=1S/C14H19N/c1-4-8-14(12(2)3)15-11-13-9-6-5-7-10-13/h1,5-7,9-10,12,14-15H,8,11H2,2-3H3. The Balaban J connectivity index is 2.44. The Hall–Kier alpha value is -1.26. The summed E-state index contributed by atoms with van der Waals surface area (Å²) in [6.07, 6.45) is 6.14. The lowest BCUT2D eigenvalue weighted by molar-refractivity contribution is 0.404. The van der Waals surface area contributed by atoms with E-state index in [0.29, 0.717) is 12.0 Å². The highest BCUT2D eigenvalue weighted by Crippen LogP contribution is 2.07. The van der Waals surface area contributed by atoms with Crippen LogP contribution in [0.15, 0.2) is 30.3 Å². The van der Waals surface area contributed by atoms with Crippen LogP contribution in [0.3, 0.4) is 0 Å². The van der Waals surface area contributed by atoms with Crippen LogP contribution >= 0.6 is 0 Å². The summed E-state index contributed by atoms with van der Waals surface area (Å²) < 4.78 is 0. The molecule has 0 amide bonds. The van der Waals surface area contributed by atoms with Crippen LogP contribution in [0.1, 0.15) is 25.8 Å². The van der Waals surface area contributed by atoms with Crippen molar-refractivity contribution in [2.24, 2.45) is 5.92 Å². The first-order valence-electron chi connectivity index (χ1n) is 5.44. The summed E-state index contributed by atoms with van der Waals surface area (Å²) in [5, 5.41) is 3.49. The summed E-state index contributed by atoms with van der Waals surface area (Å²) in [6.45, 7) is 5.28. The van der Waals surface area contributed by atoms with Gasteiger partial charge in [-0.15, -0.1) is 12.3 Å².